The Morgan fingerprint density at radius 2 is 2.00 bits per heavy atom. The summed E-state index contributed by atoms with van der Waals surface area (Å²) < 4.78 is 1.92. The van der Waals surface area contributed by atoms with Gasteiger partial charge in [0.25, 0.3) is 0 Å². The Labute approximate surface area is 146 Å². The number of rotatable bonds is 4. The van der Waals surface area contributed by atoms with Crippen molar-refractivity contribution in [2.75, 3.05) is 23.7 Å². The number of nitrogen functional groups attached to an aromatic ring is 1. The fraction of sp³-hybridized carbons (Fsp3) is 0.588. The lowest BCUT2D eigenvalue weighted by Crippen LogP contribution is -2.47. The van der Waals surface area contributed by atoms with Crippen LogP contribution in [0.15, 0.2) is 24.8 Å². The summed E-state index contributed by atoms with van der Waals surface area (Å²) in [5.74, 6) is 1.35. The number of imidazole rings is 1. The molecule has 0 bridgehead atoms. The SMILES string of the molecule is Nc1nc(C2CC(O)C2)cc(N2CCC(O)(Cn3ccnc3)CC2)n1. The average Bonchev–Trinajstić information content (AvgIpc) is 3.04. The highest BCUT2D eigenvalue weighted by Gasteiger charge is 2.34. The molecule has 1 aliphatic heterocycles. The first-order valence-electron chi connectivity index (χ1n) is 8.76. The van der Waals surface area contributed by atoms with Gasteiger partial charge in [-0.1, -0.05) is 0 Å². The van der Waals surface area contributed by atoms with E-state index in [1.165, 1.54) is 0 Å². The van der Waals surface area contributed by atoms with Gasteiger partial charge in [-0.2, -0.15) is 4.98 Å². The normalized spacial score (nSPS) is 25.6. The van der Waals surface area contributed by atoms with Crippen LogP contribution in [0.5, 0.6) is 0 Å². The molecule has 2 aliphatic rings. The van der Waals surface area contributed by atoms with Crippen molar-refractivity contribution in [2.24, 2.45) is 0 Å². The van der Waals surface area contributed by atoms with E-state index in [0.29, 0.717) is 32.5 Å². The Morgan fingerprint density at radius 1 is 1.24 bits per heavy atom. The van der Waals surface area contributed by atoms with Gasteiger partial charge in [0, 0.05) is 37.5 Å². The lowest BCUT2D eigenvalue weighted by molar-refractivity contribution is -0.000191. The predicted molar refractivity (Wildman–Crippen MR) is 93.1 cm³/mol. The van der Waals surface area contributed by atoms with Crippen molar-refractivity contribution in [1.82, 2.24) is 19.5 Å². The van der Waals surface area contributed by atoms with E-state index in [1.54, 1.807) is 12.5 Å². The molecule has 134 valence electrons. The fourth-order valence-corrected chi connectivity index (χ4v) is 3.70. The van der Waals surface area contributed by atoms with E-state index in [-0.39, 0.29) is 18.0 Å². The van der Waals surface area contributed by atoms with Crippen molar-refractivity contribution >= 4 is 11.8 Å². The molecule has 0 spiro atoms. The third-order valence-corrected chi connectivity index (χ3v) is 5.34. The summed E-state index contributed by atoms with van der Waals surface area (Å²) in [5.41, 5.74) is 6.07. The number of nitrogens with two attached hydrogens (primary N) is 1. The number of hydrogen-bond donors (Lipinski definition) is 3. The average molecular weight is 344 g/mol. The largest absolute Gasteiger partial charge is 0.393 e. The first-order chi connectivity index (χ1) is 12.0. The van der Waals surface area contributed by atoms with Crippen LogP contribution in [0.2, 0.25) is 0 Å². The predicted octanol–water partition coefficient (Wildman–Crippen LogP) is 0.525. The molecule has 2 aromatic rings. The van der Waals surface area contributed by atoms with E-state index in [0.717, 1.165) is 24.4 Å². The van der Waals surface area contributed by atoms with Gasteiger partial charge in [0.2, 0.25) is 5.95 Å². The molecule has 2 fully saturated rings. The van der Waals surface area contributed by atoms with Crippen molar-refractivity contribution in [3.63, 3.8) is 0 Å². The zero-order valence-electron chi connectivity index (χ0n) is 14.1. The highest BCUT2D eigenvalue weighted by Crippen LogP contribution is 2.37. The van der Waals surface area contributed by atoms with Crippen molar-refractivity contribution in [1.29, 1.82) is 0 Å². The third-order valence-electron chi connectivity index (χ3n) is 5.34. The number of aliphatic hydroxyl groups is 2. The Kier molecular flexibility index (Phi) is 4.09. The molecule has 1 saturated carbocycles. The molecule has 0 aromatic carbocycles. The summed E-state index contributed by atoms with van der Waals surface area (Å²) in [6, 6.07) is 1.98. The standard InChI is InChI=1S/C17H24N6O2/c18-16-20-14(12-7-13(24)8-12)9-15(21-16)23-4-1-17(25,2-5-23)10-22-6-3-19-11-22/h3,6,9,11-13,24-25H,1-2,4-5,7-8,10H2,(H2,18,20,21). The van der Waals surface area contributed by atoms with Crippen molar-refractivity contribution < 1.29 is 10.2 Å². The number of nitrogens with zero attached hydrogens (tertiary/aromatic N) is 5. The Morgan fingerprint density at radius 3 is 2.64 bits per heavy atom. The molecular formula is C17H24N6O2. The molecule has 1 aliphatic carbocycles. The van der Waals surface area contributed by atoms with Crippen LogP contribution < -0.4 is 10.6 Å². The molecule has 0 atom stereocenters. The fourth-order valence-electron chi connectivity index (χ4n) is 3.70. The number of piperidine rings is 1. The van der Waals surface area contributed by atoms with E-state index in [2.05, 4.69) is 19.9 Å². The van der Waals surface area contributed by atoms with Gasteiger partial charge in [0.1, 0.15) is 5.82 Å². The van der Waals surface area contributed by atoms with Gasteiger partial charge in [-0.05, 0) is 25.7 Å². The third kappa shape index (κ3) is 3.45. The highest BCUT2D eigenvalue weighted by molar-refractivity contribution is 5.45. The second-order valence-corrected chi connectivity index (χ2v) is 7.28. The van der Waals surface area contributed by atoms with E-state index >= 15 is 0 Å². The van der Waals surface area contributed by atoms with E-state index in [1.807, 2.05) is 16.8 Å². The summed E-state index contributed by atoms with van der Waals surface area (Å²) in [5, 5.41) is 20.3. The molecule has 4 N–H and O–H groups in total. The highest BCUT2D eigenvalue weighted by atomic mass is 16.3. The van der Waals surface area contributed by atoms with Crippen LogP contribution >= 0.6 is 0 Å². The monoisotopic (exact) mass is 344 g/mol. The van der Waals surface area contributed by atoms with Crippen LogP contribution in [0.25, 0.3) is 0 Å². The van der Waals surface area contributed by atoms with Gasteiger partial charge in [-0.3, -0.25) is 0 Å². The quantitative estimate of drug-likeness (QED) is 0.741. The van der Waals surface area contributed by atoms with Crippen LogP contribution in [0.3, 0.4) is 0 Å². The lowest BCUT2D eigenvalue weighted by atomic mass is 9.80. The second kappa shape index (κ2) is 6.27. The van der Waals surface area contributed by atoms with Gasteiger partial charge in [-0.25, -0.2) is 9.97 Å². The second-order valence-electron chi connectivity index (χ2n) is 7.28. The molecule has 25 heavy (non-hydrogen) atoms. The van der Waals surface area contributed by atoms with Crippen LogP contribution in [0, 0.1) is 0 Å². The molecule has 0 unspecified atom stereocenters. The Bertz CT molecular complexity index is 721. The Balaban J connectivity index is 1.43. The van der Waals surface area contributed by atoms with Gasteiger partial charge in [0.15, 0.2) is 0 Å². The van der Waals surface area contributed by atoms with Gasteiger partial charge < -0.3 is 25.4 Å². The maximum absolute atomic E-state index is 10.8. The molecule has 4 rings (SSSR count). The van der Waals surface area contributed by atoms with Crippen molar-refractivity contribution in [3.05, 3.63) is 30.5 Å². The molecule has 2 aromatic heterocycles. The van der Waals surface area contributed by atoms with E-state index in [4.69, 9.17) is 5.73 Å². The van der Waals surface area contributed by atoms with E-state index < -0.39 is 5.60 Å². The van der Waals surface area contributed by atoms with Crippen molar-refractivity contribution in [3.8, 4) is 0 Å². The zero-order valence-corrected chi connectivity index (χ0v) is 14.1. The van der Waals surface area contributed by atoms with Crippen LogP contribution in [0.4, 0.5) is 11.8 Å². The number of hydrogen-bond acceptors (Lipinski definition) is 7. The summed E-state index contributed by atoms with van der Waals surface area (Å²) in [7, 11) is 0. The van der Waals surface area contributed by atoms with E-state index in [9.17, 15) is 10.2 Å². The minimum absolute atomic E-state index is 0.224. The summed E-state index contributed by atoms with van der Waals surface area (Å²) in [6.45, 7) is 1.99. The molecule has 8 nitrogen and oxygen atoms in total. The van der Waals surface area contributed by atoms with Crippen LogP contribution in [-0.2, 0) is 6.54 Å². The summed E-state index contributed by atoms with van der Waals surface area (Å²) in [6.07, 6.45) is 7.89. The molecule has 1 saturated heterocycles. The summed E-state index contributed by atoms with van der Waals surface area (Å²) in [4.78, 5) is 14.9. The Hall–Kier alpha value is -2.19. The number of anilines is 2. The molecule has 0 amide bonds. The maximum atomic E-state index is 10.8. The topological polar surface area (TPSA) is 113 Å². The van der Waals surface area contributed by atoms with Gasteiger partial charge >= 0.3 is 0 Å². The first-order valence-corrected chi connectivity index (χ1v) is 8.76. The minimum atomic E-state index is -0.726. The van der Waals surface area contributed by atoms with Crippen molar-refractivity contribution in [2.45, 2.75) is 49.9 Å². The van der Waals surface area contributed by atoms with Crippen LogP contribution in [-0.4, -0.2) is 54.5 Å². The maximum Gasteiger partial charge on any atom is 0.222 e. The molecule has 3 heterocycles. The molecular weight excluding hydrogens is 320 g/mol. The van der Waals surface area contributed by atoms with Gasteiger partial charge in [-0.15, -0.1) is 0 Å². The summed E-state index contributed by atoms with van der Waals surface area (Å²) >= 11 is 0. The molecule has 8 heteroatoms. The smallest absolute Gasteiger partial charge is 0.222 e. The number of aliphatic hydroxyl groups excluding tert-OH is 1. The van der Waals surface area contributed by atoms with Gasteiger partial charge in [0.05, 0.1) is 30.3 Å². The zero-order chi connectivity index (χ0) is 17.4. The first kappa shape index (κ1) is 16.3. The molecule has 0 radical (unpaired) electrons. The minimum Gasteiger partial charge on any atom is -0.393 e. The van der Waals surface area contributed by atoms with Crippen LogP contribution in [0.1, 0.15) is 37.3 Å². The lowest BCUT2D eigenvalue weighted by Gasteiger charge is -2.39. The number of aromatic nitrogens is 4.